The molecule has 0 saturated carbocycles. The van der Waals surface area contributed by atoms with E-state index in [2.05, 4.69) is 10.6 Å². The predicted molar refractivity (Wildman–Crippen MR) is 129 cm³/mol. The number of sulfone groups is 1. The molecule has 2 N–H and O–H groups in total. The largest absolute Gasteiger partial charge is 0.481 e. The van der Waals surface area contributed by atoms with Crippen molar-refractivity contribution in [3.8, 4) is 5.75 Å². The molecule has 0 radical (unpaired) electrons. The number of anilines is 2. The Morgan fingerprint density at radius 3 is 2.24 bits per heavy atom. The van der Waals surface area contributed by atoms with Crippen molar-refractivity contribution in [2.24, 2.45) is 0 Å². The van der Waals surface area contributed by atoms with Crippen LogP contribution in [0, 0.1) is 13.8 Å². The number of carbonyl (C=O) groups excluding carboxylic acids is 2. The fraction of sp³-hybridized carbons (Fsp3) is 0.200. The van der Waals surface area contributed by atoms with Crippen LogP contribution in [0.1, 0.15) is 28.4 Å². The molecule has 0 bridgehead atoms. The van der Waals surface area contributed by atoms with Crippen LogP contribution in [-0.4, -0.2) is 32.6 Å². The summed E-state index contributed by atoms with van der Waals surface area (Å²) in [4.78, 5) is 25.2. The molecule has 0 aliphatic heterocycles. The van der Waals surface area contributed by atoms with Crippen molar-refractivity contribution in [2.75, 3.05) is 16.9 Å². The van der Waals surface area contributed by atoms with Crippen molar-refractivity contribution in [1.29, 1.82) is 0 Å². The van der Waals surface area contributed by atoms with Gasteiger partial charge in [-0.2, -0.15) is 0 Å². The van der Waals surface area contributed by atoms with Gasteiger partial charge >= 0.3 is 0 Å². The van der Waals surface area contributed by atoms with E-state index in [-0.39, 0.29) is 16.4 Å². The van der Waals surface area contributed by atoms with Gasteiger partial charge in [0, 0.05) is 23.2 Å². The maximum Gasteiger partial charge on any atom is 0.265 e. The van der Waals surface area contributed by atoms with Crippen LogP contribution < -0.4 is 15.4 Å². The average Bonchev–Trinajstić information content (AvgIpc) is 2.76. The molecular weight excluding hydrogens is 440 g/mol. The van der Waals surface area contributed by atoms with Crippen LogP contribution in [0.5, 0.6) is 5.75 Å². The Kier molecular flexibility index (Phi) is 7.18. The molecule has 3 aromatic carbocycles. The summed E-state index contributed by atoms with van der Waals surface area (Å²) in [7, 11) is -3.42. The number of amides is 2. The molecule has 1 atom stereocenters. The summed E-state index contributed by atoms with van der Waals surface area (Å²) in [6.07, 6.45) is 0.392. The molecule has 0 spiro atoms. The van der Waals surface area contributed by atoms with Crippen LogP contribution in [0.15, 0.2) is 71.6 Å². The lowest BCUT2D eigenvalue weighted by molar-refractivity contribution is -0.122. The number of hydrogen-bond donors (Lipinski definition) is 2. The monoisotopic (exact) mass is 466 g/mol. The standard InChI is InChI=1S/C25H26N2O5S/c1-16-8-11-21(12-9-16)32-18(3)24(28)26-20-10-13-23(17(2)14-20)27-25(29)19-6-5-7-22(15-19)33(4,30)31/h5-15,18H,1-4H3,(H,26,28)(H,27,29). The van der Waals surface area contributed by atoms with E-state index in [4.69, 9.17) is 4.74 Å². The lowest BCUT2D eigenvalue weighted by Crippen LogP contribution is -2.30. The van der Waals surface area contributed by atoms with E-state index < -0.39 is 21.8 Å². The average molecular weight is 467 g/mol. The van der Waals surface area contributed by atoms with Gasteiger partial charge in [-0.15, -0.1) is 0 Å². The highest BCUT2D eigenvalue weighted by Gasteiger charge is 2.16. The van der Waals surface area contributed by atoms with Crippen LogP contribution in [0.4, 0.5) is 11.4 Å². The Labute approximate surface area is 193 Å². The van der Waals surface area contributed by atoms with Gasteiger partial charge in [-0.05, 0) is 74.9 Å². The van der Waals surface area contributed by atoms with Crippen molar-refractivity contribution in [2.45, 2.75) is 31.8 Å². The molecule has 0 heterocycles. The van der Waals surface area contributed by atoms with Gasteiger partial charge in [-0.1, -0.05) is 23.8 Å². The molecule has 172 valence electrons. The number of aryl methyl sites for hydroxylation is 2. The minimum atomic E-state index is -3.42. The van der Waals surface area contributed by atoms with Gasteiger partial charge in [0.05, 0.1) is 4.90 Å². The van der Waals surface area contributed by atoms with Gasteiger partial charge in [-0.3, -0.25) is 9.59 Å². The van der Waals surface area contributed by atoms with Gasteiger partial charge in [0.25, 0.3) is 11.8 Å². The first kappa shape index (κ1) is 24.0. The Bertz CT molecular complexity index is 1280. The van der Waals surface area contributed by atoms with Crippen LogP contribution >= 0.6 is 0 Å². The van der Waals surface area contributed by atoms with Crippen molar-refractivity contribution in [3.63, 3.8) is 0 Å². The third kappa shape index (κ3) is 6.43. The Balaban J connectivity index is 1.65. The van der Waals surface area contributed by atoms with E-state index in [1.54, 1.807) is 38.1 Å². The molecule has 0 aliphatic carbocycles. The predicted octanol–water partition coefficient (Wildman–Crippen LogP) is 4.37. The van der Waals surface area contributed by atoms with Gasteiger partial charge in [-0.25, -0.2) is 8.42 Å². The molecule has 33 heavy (non-hydrogen) atoms. The number of ether oxygens (including phenoxy) is 1. The number of benzene rings is 3. The molecule has 3 rings (SSSR count). The summed E-state index contributed by atoms with van der Waals surface area (Å²) in [5.41, 5.74) is 3.18. The first-order chi connectivity index (χ1) is 15.5. The Hall–Kier alpha value is -3.65. The third-order valence-electron chi connectivity index (χ3n) is 4.97. The maximum absolute atomic E-state index is 12.6. The molecular formula is C25H26N2O5S. The quantitative estimate of drug-likeness (QED) is 0.539. The second-order valence-electron chi connectivity index (χ2n) is 7.85. The molecule has 1 unspecified atom stereocenters. The first-order valence-corrected chi connectivity index (χ1v) is 12.2. The highest BCUT2D eigenvalue weighted by atomic mass is 32.2. The minimum absolute atomic E-state index is 0.0758. The highest BCUT2D eigenvalue weighted by molar-refractivity contribution is 7.90. The van der Waals surface area contributed by atoms with E-state index in [1.165, 1.54) is 18.2 Å². The van der Waals surface area contributed by atoms with Crippen molar-refractivity contribution in [3.05, 3.63) is 83.4 Å². The molecule has 0 fully saturated rings. The lowest BCUT2D eigenvalue weighted by Gasteiger charge is -2.16. The van der Waals surface area contributed by atoms with Crippen LogP contribution in [0.2, 0.25) is 0 Å². The number of nitrogens with one attached hydrogen (secondary N) is 2. The molecule has 8 heteroatoms. The van der Waals surface area contributed by atoms with E-state index in [0.717, 1.165) is 17.4 Å². The van der Waals surface area contributed by atoms with Crippen LogP contribution in [0.3, 0.4) is 0 Å². The van der Waals surface area contributed by atoms with E-state index in [1.807, 2.05) is 31.2 Å². The third-order valence-corrected chi connectivity index (χ3v) is 6.08. The van der Waals surface area contributed by atoms with Crippen LogP contribution in [0.25, 0.3) is 0 Å². The van der Waals surface area contributed by atoms with E-state index >= 15 is 0 Å². The fourth-order valence-electron chi connectivity index (χ4n) is 3.06. The molecule has 0 saturated heterocycles. The number of hydrogen-bond acceptors (Lipinski definition) is 5. The van der Waals surface area contributed by atoms with Crippen molar-refractivity contribution < 1.29 is 22.7 Å². The molecule has 3 aromatic rings. The molecule has 2 amide bonds. The SMILES string of the molecule is Cc1ccc(OC(C)C(=O)Nc2ccc(NC(=O)c3cccc(S(C)(=O)=O)c3)c(C)c2)cc1. The van der Waals surface area contributed by atoms with Gasteiger partial charge < -0.3 is 15.4 Å². The number of rotatable bonds is 7. The minimum Gasteiger partial charge on any atom is -0.481 e. The Morgan fingerprint density at radius 2 is 1.61 bits per heavy atom. The highest BCUT2D eigenvalue weighted by Crippen LogP contribution is 2.22. The van der Waals surface area contributed by atoms with Crippen molar-refractivity contribution in [1.82, 2.24) is 0 Å². The Morgan fingerprint density at radius 1 is 0.909 bits per heavy atom. The molecule has 7 nitrogen and oxygen atoms in total. The summed E-state index contributed by atoms with van der Waals surface area (Å²) in [6.45, 7) is 5.44. The van der Waals surface area contributed by atoms with Gasteiger partial charge in [0.1, 0.15) is 5.75 Å². The summed E-state index contributed by atoms with van der Waals surface area (Å²) >= 11 is 0. The second kappa shape index (κ2) is 9.87. The summed E-state index contributed by atoms with van der Waals surface area (Å²) in [5, 5.41) is 5.58. The zero-order valence-electron chi connectivity index (χ0n) is 18.9. The normalized spacial score (nSPS) is 12.0. The first-order valence-electron chi connectivity index (χ1n) is 10.3. The van der Waals surface area contributed by atoms with Gasteiger partial charge in [0.15, 0.2) is 15.9 Å². The molecule has 0 aromatic heterocycles. The topological polar surface area (TPSA) is 102 Å². The zero-order valence-corrected chi connectivity index (χ0v) is 19.7. The maximum atomic E-state index is 12.6. The number of carbonyl (C=O) groups is 2. The van der Waals surface area contributed by atoms with E-state index in [9.17, 15) is 18.0 Å². The lowest BCUT2D eigenvalue weighted by atomic mass is 10.1. The summed E-state index contributed by atoms with van der Waals surface area (Å²) in [6, 6.07) is 18.4. The summed E-state index contributed by atoms with van der Waals surface area (Å²) in [5.74, 6) is -0.123. The smallest absolute Gasteiger partial charge is 0.265 e. The van der Waals surface area contributed by atoms with E-state index in [0.29, 0.717) is 17.1 Å². The van der Waals surface area contributed by atoms with Crippen molar-refractivity contribution >= 4 is 33.0 Å². The van der Waals surface area contributed by atoms with Crippen LogP contribution in [-0.2, 0) is 14.6 Å². The second-order valence-corrected chi connectivity index (χ2v) is 9.86. The zero-order chi connectivity index (χ0) is 24.2. The summed E-state index contributed by atoms with van der Waals surface area (Å²) < 4.78 is 29.1. The molecule has 0 aliphatic rings. The van der Waals surface area contributed by atoms with Gasteiger partial charge in [0.2, 0.25) is 0 Å². The fourth-order valence-corrected chi connectivity index (χ4v) is 3.73.